The van der Waals surface area contributed by atoms with E-state index in [9.17, 15) is 0 Å². The van der Waals surface area contributed by atoms with Gasteiger partial charge in [0.15, 0.2) is 0 Å². The summed E-state index contributed by atoms with van der Waals surface area (Å²) in [7, 11) is 0. The van der Waals surface area contributed by atoms with E-state index < -0.39 is 0 Å². The van der Waals surface area contributed by atoms with Gasteiger partial charge in [-0.1, -0.05) is 38.1 Å². The number of aromatic nitrogens is 2. The molecule has 0 radical (unpaired) electrons. The molecule has 1 aromatic heterocycles. The van der Waals surface area contributed by atoms with Gasteiger partial charge in [0.2, 0.25) is 0 Å². The fraction of sp³-hybridized carbons (Fsp3) is 0.438. The normalized spacial score (nSPS) is 10.8. The van der Waals surface area contributed by atoms with Crippen LogP contribution in [-0.2, 0) is 13.1 Å². The van der Waals surface area contributed by atoms with Crippen molar-refractivity contribution < 1.29 is 0 Å². The van der Waals surface area contributed by atoms with Crippen LogP contribution in [0.4, 0.5) is 0 Å². The van der Waals surface area contributed by atoms with Crippen molar-refractivity contribution in [2.45, 2.75) is 39.8 Å². The molecule has 0 fully saturated rings. The molecule has 0 aliphatic heterocycles. The average Bonchev–Trinajstić information content (AvgIpc) is 2.88. The molecule has 0 bridgehead atoms. The maximum atomic E-state index is 4.42. The first-order valence-electron chi connectivity index (χ1n) is 7.17. The molecule has 0 spiro atoms. The summed E-state index contributed by atoms with van der Waals surface area (Å²) in [4.78, 5) is 0. The number of nitrogens with one attached hydrogen (secondary N) is 1. The lowest BCUT2D eigenvalue weighted by molar-refractivity contribution is 0.608. The molecule has 3 heteroatoms. The van der Waals surface area contributed by atoms with Crippen LogP contribution in [0.5, 0.6) is 0 Å². The molecular formula is C16H23N3. The van der Waals surface area contributed by atoms with Gasteiger partial charge in [0.1, 0.15) is 0 Å². The molecule has 0 saturated carbocycles. The molecule has 0 aliphatic rings. The Morgan fingerprint density at radius 2 is 1.95 bits per heavy atom. The standard InChI is InChI=1S/C16H23N3/c1-3-10-17-13-14-7-5-6-8-15(14)16-9-11-18-19(16)12-4-2/h5-9,11,17H,3-4,10,12-13H2,1-2H3. The number of benzene rings is 1. The molecule has 0 atom stereocenters. The molecule has 102 valence electrons. The van der Waals surface area contributed by atoms with Gasteiger partial charge in [-0.05, 0) is 31.0 Å². The summed E-state index contributed by atoms with van der Waals surface area (Å²) >= 11 is 0. The van der Waals surface area contributed by atoms with Gasteiger partial charge in [0.25, 0.3) is 0 Å². The lowest BCUT2D eigenvalue weighted by atomic mass is 10.0. The van der Waals surface area contributed by atoms with Gasteiger partial charge in [0.05, 0.1) is 5.69 Å². The monoisotopic (exact) mass is 257 g/mol. The Morgan fingerprint density at radius 1 is 1.11 bits per heavy atom. The minimum atomic E-state index is 0.918. The molecule has 1 aromatic carbocycles. The van der Waals surface area contributed by atoms with E-state index in [1.54, 1.807) is 0 Å². The molecule has 0 aliphatic carbocycles. The molecule has 0 saturated heterocycles. The van der Waals surface area contributed by atoms with E-state index in [1.165, 1.54) is 16.8 Å². The summed E-state index contributed by atoms with van der Waals surface area (Å²) in [5, 5.41) is 7.89. The van der Waals surface area contributed by atoms with Gasteiger partial charge in [-0.25, -0.2) is 0 Å². The summed E-state index contributed by atoms with van der Waals surface area (Å²) in [6.45, 7) is 7.32. The zero-order valence-corrected chi connectivity index (χ0v) is 11.9. The van der Waals surface area contributed by atoms with E-state index in [0.29, 0.717) is 0 Å². The van der Waals surface area contributed by atoms with Crippen molar-refractivity contribution in [2.24, 2.45) is 0 Å². The van der Waals surface area contributed by atoms with E-state index in [2.05, 4.69) is 59.3 Å². The molecule has 1 heterocycles. The van der Waals surface area contributed by atoms with Gasteiger partial charge >= 0.3 is 0 Å². The number of hydrogen-bond donors (Lipinski definition) is 1. The van der Waals surface area contributed by atoms with E-state index in [-0.39, 0.29) is 0 Å². The molecule has 0 amide bonds. The first kappa shape index (κ1) is 13.8. The number of hydrogen-bond acceptors (Lipinski definition) is 2. The van der Waals surface area contributed by atoms with E-state index in [4.69, 9.17) is 0 Å². The predicted octanol–water partition coefficient (Wildman–Crippen LogP) is 3.46. The van der Waals surface area contributed by atoms with Crippen molar-refractivity contribution in [1.82, 2.24) is 15.1 Å². The summed E-state index contributed by atoms with van der Waals surface area (Å²) in [5.74, 6) is 0. The average molecular weight is 257 g/mol. The van der Waals surface area contributed by atoms with Crippen molar-refractivity contribution in [1.29, 1.82) is 0 Å². The second-order valence-electron chi connectivity index (χ2n) is 4.77. The van der Waals surface area contributed by atoms with Gasteiger partial charge in [0, 0.05) is 24.8 Å². The second-order valence-corrected chi connectivity index (χ2v) is 4.77. The number of aryl methyl sites for hydroxylation is 1. The Balaban J connectivity index is 2.25. The zero-order valence-electron chi connectivity index (χ0n) is 11.9. The molecule has 19 heavy (non-hydrogen) atoms. The Hall–Kier alpha value is -1.61. The van der Waals surface area contributed by atoms with Crippen LogP contribution in [0.25, 0.3) is 11.3 Å². The SMILES string of the molecule is CCCNCc1ccccc1-c1ccnn1CCC. The highest BCUT2D eigenvalue weighted by Crippen LogP contribution is 2.23. The Morgan fingerprint density at radius 3 is 2.74 bits per heavy atom. The van der Waals surface area contributed by atoms with E-state index >= 15 is 0 Å². The van der Waals surface area contributed by atoms with Crippen LogP contribution < -0.4 is 5.32 Å². The highest BCUT2D eigenvalue weighted by molar-refractivity contribution is 5.63. The lowest BCUT2D eigenvalue weighted by Gasteiger charge is -2.12. The van der Waals surface area contributed by atoms with Crippen LogP contribution in [-0.4, -0.2) is 16.3 Å². The molecular weight excluding hydrogens is 234 g/mol. The van der Waals surface area contributed by atoms with Crippen LogP contribution in [0.1, 0.15) is 32.3 Å². The van der Waals surface area contributed by atoms with E-state index in [1.807, 2.05) is 6.20 Å². The van der Waals surface area contributed by atoms with Gasteiger partial charge in [-0.2, -0.15) is 5.10 Å². The largest absolute Gasteiger partial charge is 0.313 e. The van der Waals surface area contributed by atoms with Crippen molar-refractivity contribution in [3.05, 3.63) is 42.1 Å². The van der Waals surface area contributed by atoms with Crippen LogP contribution in [0.3, 0.4) is 0 Å². The number of rotatable bonds is 7. The zero-order chi connectivity index (χ0) is 13.5. The van der Waals surface area contributed by atoms with Crippen LogP contribution in [0, 0.1) is 0 Å². The molecule has 3 nitrogen and oxygen atoms in total. The van der Waals surface area contributed by atoms with Gasteiger partial charge in [-0.15, -0.1) is 0 Å². The molecule has 0 unspecified atom stereocenters. The van der Waals surface area contributed by atoms with Gasteiger partial charge in [-0.3, -0.25) is 4.68 Å². The van der Waals surface area contributed by atoms with Crippen molar-refractivity contribution in [3.63, 3.8) is 0 Å². The third-order valence-electron chi connectivity index (χ3n) is 3.19. The predicted molar refractivity (Wildman–Crippen MR) is 80.0 cm³/mol. The third-order valence-corrected chi connectivity index (χ3v) is 3.19. The lowest BCUT2D eigenvalue weighted by Crippen LogP contribution is -2.14. The summed E-state index contributed by atoms with van der Waals surface area (Å²) in [6.07, 6.45) is 4.15. The van der Waals surface area contributed by atoms with Gasteiger partial charge < -0.3 is 5.32 Å². The van der Waals surface area contributed by atoms with Crippen molar-refractivity contribution >= 4 is 0 Å². The van der Waals surface area contributed by atoms with Crippen LogP contribution in [0.2, 0.25) is 0 Å². The second kappa shape index (κ2) is 7.10. The van der Waals surface area contributed by atoms with Crippen LogP contribution in [0.15, 0.2) is 36.5 Å². The summed E-state index contributed by atoms with van der Waals surface area (Å²) in [5.41, 5.74) is 3.85. The molecule has 2 aromatic rings. The first-order valence-corrected chi connectivity index (χ1v) is 7.17. The minimum absolute atomic E-state index is 0.918. The Bertz CT molecular complexity index is 502. The Kier molecular flexibility index (Phi) is 5.16. The summed E-state index contributed by atoms with van der Waals surface area (Å²) < 4.78 is 2.10. The topological polar surface area (TPSA) is 29.9 Å². The fourth-order valence-corrected chi connectivity index (χ4v) is 2.28. The van der Waals surface area contributed by atoms with Crippen molar-refractivity contribution in [3.8, 4) is 11.3 Å². The maximum Gasteiger partial charge on any atom is 0.0685 e. The third kappa shape index (κ3) is 3.44. The molecule has 2 rings (SSSR count). The highest BCUT2D eigenvalue weighted by atomic mass is 15.3. The van der Waals surface area contributed by atoms with E-state index in [0.717, 1.165) is 32.5 Å². The highest BCUT2D eigenvalue weighted by Gasteiger charge is 2.08. The smallest absolute Gasteiger partial charge is 0.0685 e. The Labute approximate surface area is 115 Å². The van der Waals surface area contributed by atoms with Crippen LogP contribution >= 0.6 is 0 Å². The minimum Gasteiger partial charge on any atom is -0.313 e. The van der Waals surface area contributed by atoms with Crippen molar-refractivity contribution in [2.75, 3.05) is 6.54 Å². The quantitative estimate of drug-likeness (QED) is 0.770. The number of nitrogens with zero attached hydrogens (tertiary/aromatic N) is 2. The summed E-state index contributed by atoms with van der Waals surface area (Å²) in [6, 6.07) is 10.7. The molecule has 1 N–H and O–H groups in total. The first-order chi connectivity index (χ1) is 9.36. The maximum absolute atomic E-state index is 4.42. The fourth-order valence-electron chi connectivity index (χ4n) is 2.28.